The van der Waals surface area contributed by atoms with Crippen molar-refractivity contribution in [1.82, 2.24) is 9.78 Å². The lowest BCUT2D eigenvalue weighted by Crippen LogP contribution is -2.45. The molecule has 1 aromatic heterocycles. The number of aromatic nitrogens is 2. The van der Waals surface area contributed by atoms with Gasteiger partial charge in [-0.1, -0.05) is 0 Å². The molecule has 1 aromatic rings. The van der Waals surface area contributed by atoms with E-state index in [0.29, 0.717) is 0 Å². The second-order valence-corrected chi connectivity index (χ2v) is 7.27. The summed E-state index contributed by atoms with van der Waals surface area (Å²) in [5, 5.41) is 4.28. The number of hydrogen-bond acceptors (Lipinski definition) is 2. The average Bonchev–Trinajstić information content (AvgIpc) is 2.78. The van der Waals surface area contributed by atoms with E-state index in [1.807, 2.05) is 10.9 Å². The van der Waals surface area contributed by atoms with Gasteiger partial charge in [-0.3, -0.25) is 4.68 Å². The van der Waals surface area contributed by atoms with Gasteiger partial charge in [0.2, 0.25) is 0 Å². The Hall–Kier alpha value is -0.990. The van der Waals surface area contributed by atoms with E-state index in [1.165, 1.54) is 12.8 Å². The maximum absolute atomic E-state index is 5.70. The molecule has 2 N–H and O–H groups in total. The molecule has 4 saturated carbocycles. The summed E-state index contributed by atoms with van der Waals surface area (Å²) in [7, 11) is 0. The highest BCUT2D eigenvalue weighted by atomic mass is 15.3. The average molecular weight is 259 g/mol. The summed E-state index contributed by atoms with van der Waals surface area (Å²) in [4.78, 5) is 0. The molecule has 0 amide bonds. The molecule has 0 aromatic carbocycles. The second-order valence-electron chi connectivity index (χ2n) is 7.27. The predicted octanol–water partition coefficient (Wildman–Crippen LogP) is 3.32. The van der Waals surface area contributed by atoms with E-state index in [1.54, 1.807) is 38.3 Å². The third kappa shape index (κ3) is 2.17. The molecule has 4 bridgehead atoms. The molecule has 0 unspecified atom stereocenters. The molecule has 0 radical (unpaired) electrons. The maximum atomic E-state index is 5.70. The van der Waals surface area contributed by atoms with Gasteiger partial charge in [0.25, 0.3) is 0 Å². The van der Waals surface area contributed by atoms with Crippen LogP contribution in [0.3, 0.4) is 0 Å². The molecule has 1 heterocycles. The van der Waals surface area contributed by atoms with Gasteiger partial charge in [0.05, 0.1) is 11.9 Å². The molecule has 3 nitrogen and oxygen atoms in total. The van der Waals surface area contributed by atoms with Gasteiger partial charge in [-0.15, -0.1) is 0 Å². The Morgan fingerprint density at radius 2 is 1.79 bits per heavy atom. The fourth-order valence-corrected chi connectivity index (χ4v) is 5.50. The molecular weight excluding hydrogens is 234 g/mol. The molecule has 19 heavy (non-hydrogen) atoms. The van der Waals surface area contributed by atoms with Crippen LogP contribution in [0.4, 0.5) is 5.69 Å². The van der Waals surface area contributed by atoms with Crippen LogP contribution in [-0.4, -0.2) is 9.78 Å². The molecule has 0 atom stereocenters. The number of hydrogen-bond donors (Lipinski definition) is 1. The Labute approximate surface area is 115 Å². The smallest absolute Gasteiger partial charge is 0.0719 e. The first-order valence-corrected chi connectivity index (χ1v) is 8.06. The summed E-state index contributed by atoms with van der Waals surface area (Å²) in [6.07, 6.45) is 14.1. The molecule has 0 spiro atoms. The molecular formula is C16H25N3. The predicted molar refractivity (Wildman–Crippen MR) is 76.4 cm³/mol. The van der Waals surface area contributed by atoms with Gasteiger partial charge in [0.1, 0.15) is 0 Å². The quantitative estimate of drug-likeness (QED) is 0.901. The second kappa shape index (κ2) is 4.53. The van der Waals surface area contributed by atoms with E-state index in [0.717, 1.165) is 41.8 Å². The van der Waals surface area contributed by atoms with Crippen LogP contribution in [0.2, 0.25) is 0 Å². The van der Waals surface area contributed by atoms with Crippen molar-refractivity contribution in [1.29, 1.82) is 0 Å². The zero-order valence-electron chi connectivity index (χ0n) is 11.7. The maximum Gasteiger partial charge on any atom is 0.0719 e. The van der Waals surface area contributed by atoms with Crippen LogP contribution in [0, 0.1) is 29.6 Å². The molecule has 4 fully saturated rings. The van der Waals surface area contributed by atoms with Crippen LogP contribution in [0.25, 0.3) is 0 Å². The standard InChI is InChI=1S/C16H25N3/c17-15-9-18-19(10-15)3-1-2-16-13-5-11-4-12(7-13)8-14(16)6-11/h9-14,16H,1-8,17H2. The number of aryl methyl sites for hydroxylation is 1. The van der Waals surface area contributed by atoms with E-state index in [-0.39, 0.29) is 0 Å². The van der Waals surface area contributed by atoms with Crippen LogP contribution in [0.15, 0.2) is 12.4 Å². The lowest BCUT2D eigenvalue weighted by atomic mass is 9.51. The Balaban J connectivity index is 1.33. The van der Waals surface area contributed by atoms with Crippen molar-refractivity contribution in [3.8, 4) is 0 Å². The zero-order chi connectivity index (χ0) is 12.8. The van der Waals surface area contributed by atoms with Crippen molar-refractivity contribution in [2.24, 2.45) is 29.6 Å². The SMILES string of the molecule is Nc1cnn(CCCC2C3CC4CC(C3)CC2C4)c1. The van der Waals surface area contributed by atoms with Crippen LogP contribution in [0.1, 0.15) is 44.9 Å². The fourth-order valence-electron chi connectivity index (χ4n) is 5.50. The summed E-state index contributed by atoms with van der Waals surface area (Å²) in [5.41, 5.74) is 6.49. The van der Waals surface area contributed by atoms with Gasteiger partial charge in [-0.25, -0.2) is 0 Å². The molecule has 5 rings (SSSR count). The van der Waals surface area contributed by atoms with E-state index >= 15 is 0 Å². The zero-order valence-corrected chi connectivity index (χ0v) is 11.7. The summed E-state index contributed by atoms with van der Waals surface area (Å²) in [5.74, 6) is 5.37. The third-order valence-corrected chi connectivity index (χ3v) is 6.00. The van der Waals surface area contributed by atoms with Crippen molar-refractivity contribution in [3.63, 3.8) is 0 Å². The molecule has 4 aliphatic carbocycles. The highest BCUT2D eigenvalue weighted by molar-refractivity contribution is 5.30. The van der Waals surface area contributed by atoms with Gasteiger partial charge >= 0.3 is 0 Å². The number of nitrogens with zero attached hydrogens (tertiary/aromatic N) is 2. The molecule has 0 saturated heterocycles. The lowest BCUT2D eigenvalue weighted by Gasteiger charge is -2.54. The van der Waals surface area contributed by atoms with Crippen molar-refractivity contribution >= 4 is 5.69 Å². The van der Waals surface area contributed by atoms with Crippen molar-refractivity contribution in [3.05, 3.63) is 12.4 Å². The number of rotatable bonds is 4. The van der Waals surface area contributed by atoms with Crippen molar-refractivity contribution < 1.29 is 0 Å². The first-order valence-electron chi connectivity index (χ1n) is 8.06. The molecule has 104 valence electrons. The Morgan fingerprint density at radius 1 is 1.11 bits per heavy atom. The van der Waals surface area contributed by atoms with Gasteiger partial charge in [0.15, 0.2) is 0 Å². The van der Waals surface area contributed by atoms with Crippen LogP contribution in [-0.2, 0) is 6.54 Å². The fraction of sp³-hybridized carbons (Fsp3) is 0.812. The molecule has 3 heteroatoms. The molecule has 4 aliphatic rings. The summed E-state index contributed by atoms with van der Waals surface area (Å²) in [6.45, 7) is 1.04. The number of nitrogens with two attached hydrogens (primary N) is 1. The van der Waals surface area contributed by atoms with E-state index in [2.05, 4.69) is 5.10 Å². The summed E-state index contributed by atoms with van der Waals surface area (Å²) in [6, 6.07) is 0. The van der Waals surface area contributed by atoms with Gasteiger partial charge in [0, 0.05) is 12.7 Å². The van der Waals surface area contributed by atoms with Gasteiger partial charge < -0.3 is 5.73 Å². The Morgan fingerprint density at radius 3 is 2.37 bits per heavy atom. The van der Waals surface area contributed by atoms with E-state index in [9.17, 15) is 0 Å². The monoisotopic (exact) mass is 259 g/mol. The minimum absolute atomic E-state index is 0.787. The Bertz CT molecular complexity index is 423. The highest BCUT2D eigenvalue weighted by Crippen LogP contribution is 2.57. The number of anilines is 1. The topological polar surface area (TPSA) is 43.8 Å². The normalized spacial score (nSPS) is 39.9. The van der Waals surface area contributed by atoms with E-state index in [4.69, 9.17) is 5.73 Å². The van der Waals surface area contributed by atoms with Crippen molar-refractivity contribution in [2.45, 2.75) is 51.5 Å². The minimum atomic E-state index is 0.787. The van der Waals surface area contributed by atoms with Crippen LogP contribution in [0.5, 0.6) is 0 Å². The highest BCUT2D eigenvalue weighted by Gasteiger charge is 2.47. The summed E-state index contributed by atoms with van der Waals surface area (Å²) >= 11 is 0. The van der Waals surface area contributed by atoms with Crippen LogP contribution < -0.4 is 5.73 Å². The first kappa shape index (κ1) is 11.8. The Kier molecular flexibility index (Phi) is 2.82. The number of nitrogen functional groups attached to an aromatic ring is 1. The third-order valence-electron chi connectivity index (χ3n) is 6.00. The largest absolute Gasteiger partial charge is 0.396 e. The van der Waals surface area contributed by atoms with E-state index < -0.39 is 0 Å². The minimum Gasteiger partial charge on any atom is -0.396 e. The first-order chi connectivity index (χ1) is 9.28. The van der Waals surface area contributed by atoms with Crippen molar-refractivity contribution in [2.75, 3.05) is 5.73 Å². The lowest BCUT2D eigenvalue weighted by molar-refractivity contribution is -0.0406. The summed E-state index contributed by atoms with van der Waals surface area (Å²) < 4.78 is 2.01. The van der Waals surface area contributed by atoms with Gasteiger partial charge in [-0.05, 0) is 74.5 Å². The van der Waals surface area contributed by atoms with Gasteiger partial charge in [-0.2, -0.15) is 5.10 Å². The molecule has 0 aliphatic heterocycles. The van der Waals surface area contributed by atoms with Crippen LogP contribution >= 0.6 is 0 Å².